The fourth-order valence-corrected chi connectivity index (χ4v) is 1.65. The Labute approximate surface area is 108 Å². The fraction of sp³-hybridized carbons (Fsp3) is 0.364. The van der Waals surface area contributed by atoms with Gasteiger partial charge in [0.25, 0.3) is 5.91 Å². The zero-order chi connectivity index (χ0) is 12.7. The minimum atomic E-state index is -0.315. The molecule has 0 unspecified atom stereocenters. The molecule has 0 aliphatic carbocycles. The molecule has 0 aliphatic heterocycles. The van der Waals surface area contributed by atoms with Gasteiger partial charge in [0.15, 0.2) is 0 Å². The Bertz CT molecular complexity index is 384. The van der Waals surface area contributed by atoms with Gasteiger partial charge in [0.05, 0.1) is 24.8 Å². The molecule has 17 heavy (non-hydrogen) atoms. The number of amides is 1. The van der Waals surface area contributed by atoms with Crippen LogP contribution in [-0.4, -0.2) is 33.3 Å². The van der Waals surface area contributed by atoms with E-state index in [4.69, 9.17) is 14.3 Å². The molecule has 1 aromatic rings. The Morgan fingerprint density at radius 3 is 2.71 bits per heavy atom. The van der Waals surface area contributed by atoms with E-state index in [1.165, 1.54) is 0 Å². The van der Waals surface area contributed by atoms with Gasteiger partial charge in [-0.15, -0.1) is 0 Å². The number of benzene rings is 1. The molecule has 0 radical (unpaired) electrons. The molecule has 0 spiro atoms. The maximum Gasteiger partial charge on any atom is 0.274 e. The first kappa shape index (κ1) is 14.0. The number of halogens is 1. The Morgan fingerprint density at radius 2 is 2.12 bits per heavy atom. The fourth-order valence-electron chi connectivity index (χ4n) is 1.11. The van der Waals surface area contributed by atoms with Crippen molar-refractivity contribution in [2.45, 2.75) is 0 Å². The minimum Gasteiger partial charge on any atom is -0.496 e. The van der Waals surface area contributed by atoms with E-state index < -0.39 is 0 Å². The first-order valence-corrected chi connectivity index (χ1v) is 5.73. The van der Waals surface area contributed by atoms with E-state index in [0.29, 0.717) is 29.0 Å². The summed E-state index contributed by atoms with van der Waals surface area (Å²) in [6.07, 6.45) is 0. The average molecular weight is 304 g/mol. The van der Waals surface area contributed by atoms with Crippen molar-refractivity contribution in [2.75, 3.05) is 27.4 Å². The van der Waals surface area contributed by atoms with Gasteiger partial charge in [-0.2, -0.15) is 0 Å². The Hall–Kier alpha value is -1.11. The average Bonchev–Trinajstić information content (AvgIpc) is 2.34. The molecule has 0 saturated heterocycles. The van der Waals surface area contributed by atoms with Crippen LogP contribution in [0.4, 0.5) is 0 Å². The summed E-state index contributed by atoms with van der Waals surface area (Å²) in [5, 5.41) is 0. The van der Waals surface area contributed by atoms with Crippen molar-refractivity contribution < 1.29 is 19.1 Å². The van der Waals surface area contributed by atoms with Crippen LogP contribution in [0.3, 0.4) is 0 Å². The van der Waals surface area contributed by atoms with Crippen molar-refractivity contribution in [3.8, 4) is 5.75 Å². The van der Waals surface area contributed by atoms with Crippen LogP contribution in [0, 0.1) is 0 Å². The second-order valence-corrected chi connectivity index (χ2v) is 3.98. The van der Waals surface area contributed by atoms with Gasteiger partial charge in [-0.3, -0.25) is 9.63 Å². The van der Waals surface area contributed by atoms with Gasteiger partial charge in [-0.05, 0) is 34.1 Å². The van der Waals surface area contributed by atoms with Crippen LogP contribution in [0.1, 0.15) is 10.4 Å². The molecule has 0 aliphatic rings. The van der Waals surface area contributed by atoms with Gasteiger partial charge >= 0.3 is 0 Å². The lowest BCUT2D eigenvalue weighted by Crippen LogP contribution is -2.25. The van der Waals surface area contributed by atoms with E-state index >= 15 is 0 Å². The monoisotopic (exact) mass is 303 g/mol. The van der Waals surface area contributed by atoms with E-state index in [1.807, 2.05) is 0 Å². The van der Waals surface area contributed by atoms with Gasteiger partial charge in [0.1, 0.15) is 5.75 Å². The Balaban J connectivity index is 2.54. The molecule has 0 heterocycles. The summed E-state index contributed by atoms with van der Waals surface area (Å²) in [6.45, 7) is 0.728. The highest BCUT2D eigenvalue weighted by atomic mass is 79.9. The highest BCUT2D eigenvalue weighted by Gasteiger charge is 2.08. The molecule has 1 amide bonds. The summed E-state index contributed by atoms with van der Waals surface area (Å²) in [7, 11) is 3.12. The Kier molecular flexibility index (Phi) is 5.96. The summed E-state index contributed by atoms with van der Waals surface area (Å²) in [6, 6.07) is 5.01. The number of hydrogen-bond donors (Lipinski definition) is 1. The van der Waals surface area contributed by atoms with Crippen molar-refractivity contribution in [1.29, 1.82) is 0 Å². The molecule has 0 atom stereocenters. The molecule has 1 N–H and O–H groups in total. The summed E-state index contributed by atoms with van der Waals surface area (Å²) in [4.78, 5) is 16.5. The van der Waals surface area contributed by atoms with Crippen LogP contribution in [0.25, 0.3) is 0 Å². The van der Waals surface area contributed by atoms with Crippen LogP contribution in [0.15, 0.2) is 22.7 Å². The zero-order valence-corrected chi connectivity index (χ0v) is 11.2. The molecule has 0 bridgehead atoms. The summed E-state index contributed by atoms with van der Waals surface area (Å²) in [5.41, 5.74) is 2.80. The minimum absolute atomic E-state index is 0.305. The number of hydrogen-bond acceptors (Lipinski definition) is 4. The molecule has 1 aromatic carbocycles. The molecule has 6 heteroatoms. The van der Waals surface area contributed by atoms with Crippen molar-refractivity contribution in [3.05, 3.63) is 28.2 Å². The number of nitrogens with one attached hydrogen (secondary N) is 1. The SMILES string of the molecule is COCCONC(=O)c1ccc(OC)c(Br)c1. The molecule has 5 nitrogen and oxygen atoms in total. The zero-order valence-electron chi connectivity index (χ0n) is 9.66. The molecule has 94 valence electrons. The van der Waals surface area contributed by atoms with Crippen LogP contribution in [-0.2, 0) is 9.57 Å². The second-order valence-electron chi connectivity index (χ2n) is 3.12. The van der Waals surface area contributed by atoms with Crippen LogP contribution in [0.5, 0.6) is 5.75 Å². The molecule has 0 aromatic heterocycles. The molecule has 0 saturated carbocycles. The van der Waals surface area contributed by atoms with Gasteiger partial charge in [0, 0.05) is 12.7 Å². The molecular formula is C11H14BrNO4. The standard InChI is InChI=1S/C11H14BrNO4/c1-15-5-6-17-13-11(14)8-3-4-10(16-2)9(12)7-8/h3-4,7H,5-6H2,1-2H3,(H,13,14). The number of methoxy groups -OCH3 is 2. The summed E-state index contributed by atoms with van der Waals surface area (Å²) >= 11 is 3.30. The lowest BCUT2D eigenvalue weighted by Gasteiger charge is -2.07. The third-order valence-electron chi connectivity index (χ3n) is 1.97. The quantitative estimate of drug-likeness (QED) is 0.643. The van der Waals surface area contributed by atoms with Crippen LogP contribution >= 0.6 is 15.9 Å². The molecular weight excluding hydrogens is 290 g/mol. The largest absolute Gasteiger partial charge is 0.496 e. The van der Waals surface area contributed by atoms with Crippen molar-refractivity contribution >= 4 is 21.8 Å². The van der Waals surface area contributed by atoms with Crippen LogP contribution in [0.2, 0.25) is 0 Å². The van der Waals surface area contributed by atoms with Crippen molar-refractivity contribution in [1.82, 2.24) is 5.48 Å². The number of hydroxylamine groups is 1. The summed E-state index contributed by atoms with van der Waals surface area (Å²) in [5.74, 6) is 0.353. The predicted molar refractivity (Wildman–Crippen MR) is 66.0 cm³/mol. The van der Waals surface area contributed by atoms with Gasteiger partial charge in [-0.25, -0.2) is 5.48 Å². The maximum absolute atomic E-state index is 11.6. The topological polar surface area (TPSA) is 56.8 Å². The van der Waals surface area contributed by atoms with Crippen molar-refractivity contribution in [3.63, 3.8) is 0 Å². The van der Waals surface area contributed by atoms with Gasteiger partial charge in [-0.1, -0.05) is 0 Å². The second kappa shape index (κ2) is 7.26. The van der Waals surface area contributed by atoms with E-state index in [9.17, 15) is 4.79 Å². The first-order valence-electron chi connectivity index (χ1n) is 4.93. The van der Waals surface area contributed by atoms with E-state index in [-0.39, 0.29) is 5.91 Å². The smallest absolute Gasteiger partial charge is 0.274 e. The van der Waals surface area contributed by atoms with Gasteiger partial charge < -0.3 is 9.47 Å². The number of carbonyl (C=O) groups is 1. The lowest BCUT2D eigenvalue weighted by atomic mass is 10.2. The third kappa shape index (κ3) is 4.33. The van der Waals surface area contributed by atoms with Crippen molar-refractivity contribution in [2.24, 2.45) is 0 Å². The normalized spacial score (nSPS) is 10.1. The van der Waals surface area contributed by atoms with E-state index in [1.54, 1.807) is 32.4 Å². The predicted octanol–water partition coefficient (Wildman–Crippen LogP) is 1.77. The highest BCUT2D eigenvalue weighted by molar-refractivity contribution is 9.10. The maximum atomic E-state index is 11.6. The van der Waals surface area contributed by atoms with E-state index in [2.05, 4.69) is 21.4 Å². The first-order chi connectivity index (χ1) is 8.19. The molecule has 1 rings (SSSR count). The third-order valence-corrected chi connectivity index (χ3v) is 2.59. The van der Waals surface area contributed by atoms with E-state index in [0.717, 1.165) is 0 Å². The number of rotatable bonds is 6. The number of ether oxygens (including phenoxy) is 2. The highest BCUT2D eigenvalue weighted by Crippen LogP contribution is 2.25. The summed E-state index contributed by atoms with van der Waals surface area (Å²) < 4.78 is 10.6. The van der Waals surface area contributed by atoms with Gasteiger partial charge in [0.2, 0.25) is 0 Å². The molecule has 0 fully saturated rings. The Morgan fingerprint density at radius 1 is 1.35 bits per heavy atom. The van der Waals surface area contributed by atoms with Crippen LogP contribution < -0.4 is 10.2 Å². The lowest BCUT2D eigenvalue weighted by molar-refractivity contribution is 0.00888. The number of carbonyl (C=O) groups excluding carboxylic acids is 1.